The summed E-state index contributed by atoms with van der Waals surface area (Å²) in [5.41, 5.74) is 0.329. The van der Waals surface area contributed by atoms with Gasteiger partial charge in [0, 0.05) is 32.2 Å². The molecule has 0 aliphatic carbocycles. The summed E-state index contributed by atoms with van der Waals surface area (Å²) in [6.45, 7) is 5.34. The molecule has 0 radical (unpaired) electrons. The van der Waals surface area contributed by atoms with Crippen LogP contribution < -0.4 is 10.2 Å². The molecule has 0 saturated carbocycles. The number of likely N-dealkylation sites (tertiary alicyclic amines) is 1. The quantitative estimate of drug-likeness (QED) is 0.886. The number of nitrogens with zero attached hydrogens (tertiary/aromatic N) is 4. The highest BCUT2D eigenvalue weighted by Crippen LogP contribution is 2.17. The fourth-order valence-corrected chi connectivity index (χ4v) is 3.24. The number of hydrogen-bond donors (Lipinski definition) is 1. The standard InChI is InChI=1S/C17H25N5O3/c1-2-25-17(24)22-11-7-13(8-12-22)18-16(23)14-5-6-15(20-19-14)21-9-3-4-10-21/h5-6,13H,2-4,7-12H2,1H3,(H,18,23). The van der Waals surface area contributed by atoms with E-state index in [0.717, 1.165) is 18.9 Å². The van der Waals surface area contributed by atoms with Crippen molar-refractivity contribution in [3.8, 4) is 0 Å². The molecule has 2 aliphatic heterocycles. The molecule has 3 heterocycles. The van der Waals surface area contributed by atoms with Crippen molar-refractivity contribution in [1.82, 2.24) is 20.4 Å². The van der Waals surface area contributed by atoms with Crippen LogP contribution in [0.25, 0.3) is 0 Å². The summed E-state index contributed by atoms with van der Waals surface area (Å²) in [5, 5.41) is 11.2. The van der Waals surface area contributed by atoms with Crippen LogP contribution in [-0.4, -0.2) is 65.9 Å². The molecule has 8 nitrogen and oxygen atoms in total. The first-order chi connectivity index (χ1) is 12.2. The molecular weight excluding hydrogens is 322 g/mol. The number of carbonyl (C=O) groups is 2. The minimum atomic E-state index is -0.282. The number of aromatic nitrogens is 2. The van der Waals surface area contributed by atoms with Gasteiger partial charge in [-0.05, 0) is 44.7 Å². The minimum Gasteiger partial charge on any atom is -0.450 e. The lowest BCUT2D eigenvalue weighted by Crippen LogP contribution is -2.46. The molecule has 2 saturated heterocycles. The summed E-state index contributed by atoms with van der Waals surface area (Å²) in [6.07, 6.45) is 3.49. The van der Waals surface area contributed by atoms with Crippen LogP contribution in [0.2, 0.25) is 0 Å². The summed E-state index contributed by atoms with van der Waals surface area (Å²) in [7, 11) is 0. The van der Waals surface area contributed by atoms with E-state index in [1.54, 1.807) is 17.9 Å². The van der Waals surface area contributed by atoms with E-state index in [2.05, 4.69) is 20.4 Å². The molecule has 2 fully saturated rings. The van der Waals surface area contributed by atoms with Crippen molar-refractivity contribution in [2.24, 2.45) is 0 Å². The fourth-order valence-electron chi connectivity index (χ4n) is 3.24. The van der Waals surface area contributed by atoms with Gasteiger partial charge in [-0.15, -0.1) is 10.2 Å². The molecular formula is C17H25N5O3. The second kappa shape index (κ2) is 8.13. The summed E-state index contributed by atoms with van der Waals surface area (Å²) in [5.74, 6) is 0.617. The normalized spacial score (nSPS) is 18.3. The summed E-state index contributed by atoms with van der Waals surface area (Å²) < 4.78 is 5.00. The van der Waals surface area contributed by atoms with Crippen LogP contribution in [0.3, 0.4) is 0 Å². The molecule has 8 heteroatoms. The van der Waals surface area contributed by atoms with Crippen LogP contribution in [0.4, 0.5) is 10.6 Å². The maximum absolute atomic E-state index is 12.3. The Morgan fingerprint density at radius 3 is 2.48 bits per heavy atom. The Morgan fingerprint density at radius 1 is 1.16 bits per heavy atom. The first-order valence-electron chi connectivity index (χ1n) is 8.98. The monoisotopic (exact) mass is 347 g/mol. The predicted molar refractivity (Wildman–Crippen MR) is 92.6 cm³/mol. The number of piperidine rings is 1. The molecule has 1 aromatic rings. The van der Waals surface area contributed by atoms with Gasteiger partial charge in [0.1, 0.15) is 0 Å². The van der Waals surface area contributed by atoms with Gasteiger partial charge >= 0.3 is 6.09 Å². The van der Waals surface area contributed by atoms with Crippen molar-refractivity contribution in [2.45, 2.75) is 38.6 Å². The molecule has 0 unspecified atom stereocenters. The third kappa shape index (κ3) is 4.37. The van der Waals surface area contributed by atoms with Gasteiger partial charge < -0.3 is 19.9 Å². The van der Waals surface area contributed by atoms with E-state index in [4.69, 9.17) is 4.74 Å². The molecule has 0 aromatic carbocycles. The number of carbonyl (C=O) groups excluding carboxylic acids is 2. The number of anilines is 1. The smallest absolute Gasteiger partial charge is 0.409 e. The van der Waals surface area contributed by atoms with Crippen molar-refractivity contribution in [2.75, 3.05) is 37.7 Å². The van der Waals surface area contributed by atoms with Crippen molar-refractivity contribution < 1.29 is 14.3 Å². The van der Waals surface area contributed by atoms with Crippen LogP contribution in [0.15, 0.2) is 12.1 Å². The Hall–Kier alpha value is -2.38. The number of hydrogen-bond acceptors (Lipinski definition) is 6. The zero-order chi connectivity index (χ0) is 17.6. The van der Waals surface area contributed by atoms with Gasteiger partial charge in [0.05, 0.1) is 6.61 Å². The maximum Gasteiger partial charge on any atom is 0.409 e. The summed E-state index contributed by atoms with van der Waals surface area (Å²) in [6, 6.07) is 3.62. The van der Waals surface area contributed by atoms with Gasteiger partial charge in [0.15, 0.2) is 11.5 Å². The van der Waals surface area contributed by atoms with E-state index in [-0.39, 0.29) is 18.0 Å². The van der Waals surface area contributed by atoms with Crippen LogP contribution in [0, 0.1) is 0 Å². The second-order valence-electron chi connectivity index (χ2n) is 6.40. The van der Waals surface area contributed by atoms with Crippen molar-refractivity contribution in [3.63, 3.8) is 0 Å². The van der Waals surface area contributed by atoms with Crippen LogP contribution in [0.1, 0.15) is 43.1 Å². The number of nitrogens with one attached hydrogen (secondary N) is 1. The van der Waals surface area contributed by atoms with E-state index in [1.807, 2.05) is 6.07 Å². The molecule has 3 rings (SSSR count). The Kier molecular flexibility index (Phi) is 5.67. The molecule has 2 amide bonds. The van der Waals surface area contributed by atoms with Gasteiger partial charge in [-0.1, -0.05) is 0 Å². The lowest BCUT2D eigenvalue weighted by molar-refractivity contribution is 0.0856. The highest BCUT2D eigenvalue weighted by Gasteiger charge is 2.25. The van der Waals surface area contributed by atoms with Crippen LogP contribution in [-0.2, 0) is 4.74 Å². The second-order valence-corrected chi connectivity index (χ2v) is 6.40. The number of ether oxygens (including phenoxy) is 1. The SMILES string of the molecule is CCOC(=O)N1CCC(NC(=O)c2ccc(N3CCCC3)nn2)CC1. The molecule has 136 valence electrons. The largest absolute Gasteiger partial charge is 0.450 e. The van der Waals surface area contributed by atoms with Gasteiger partial charge in [-0.3, -0.25) is 4.79 Å². The third-order valence-electron chi connectivity index (χ3n) is 4.67. The van der Waals surface area contributed by atoms with Gasteiger partial charge in [-0.25, -0.2) is 4.79 Å². The van der Waals surface area contributed by atoms with Gasteiger partial charge in [0.2, 0.25) is 0 Å². The van der Waals surface area contributed by atoms with Crippen LogP contribution in [0.5, 0.6) is 0 Å². The van der Waals surface area contributed by atoms with E-state index < -0.39 is 0 Å². The molecule has 25 heavy (non-hydrogen) atoms. The summed E-state index contributed by atoms with van der Waals surface area (Å²) in [4.78, 5) is 27.9. The number of rotatable bonds is 4. The van der Waals surface area contributed by atoms with Crippen molar-refractivity contribution >= 4 is 17.8 Å². The first-order valence-corrected chi connectivity index (χ1v) is 8.98. The highest BCUT2D eigenvalue weighted by atomic mass is 16.6. The van der Waals surface area contributed by atoms with Crippen molar-refractivity contribution in [3.05, 3.63) is 17.8 Å². The van der Waals surface area contributed by atoms with Gasteiger partial charge in [0.25, 0.3) is 5.91 Å². The first kappa shape index (κ1) is 17.4. The lowest BCUT2D eigenvalue weighted by Gasteiger charge is -2.31. The van der Waals surface area contributed by atoms with E-state index in [0.29, 0.717) is 38.2 Å². The molecule has 0 bridgehead atoms. The zero-order valence-corrected chi connectivity index (χ0v) is 14.6. The van der Waals surface area contributed by atoms with Crippen molar-refractivity contribution in [1.29, 1.82) is 0 Å². The average molecular weight is 347 g/mol. The topological polar surface area (TPSA) is 87.7 Å². The third-order valence-corrected chi connectivity index (χ3v) is 4.67. The lowest BCUT2D eigenvalue weighted by atomic mass is 10.1. The molecule has 1 N–H and O–H groups in total. The predicted octanol–water partition coefficient (Wildman–Crippen LogP) is 1.43. The Balaban J connectivity index is 1.48. The fraction of sp³-hybridized carbons (Fsp3) is 0.647. The molecule has 0 atom stereocenters. The van der Waals surface area contributed by atoms with Gasteiger partial charge in [-0.2, -0.15) is 0 Å². The Labute approximate surface area is 147 Å². The Bertz CT molecular complexity index is 593. The van der Waals surface area contributed by atoms with E-state index in [1.165, 1.54) is 12.8 Å². The summed E-state index contributed by atoms with van der Waals surface area (Å²) >= 11 is 0. The number of amides is 2. The minimum absolute atomic E-state index is 0.0400. The molecule has 0 spiro atoms. The maximum atomic E-state index is 12.3. The molecule has 2 aliphatic rings. The van der Waals surface area contributed by atoms with Crippen LogP contribution >= 0.6 is 0 Å². The van der Waals surface area contributed by atoms with E-state index in [9.17, 15) is 9.59 Å². The zero-order valence-electron chi connectivity index (χ0n) is 14.6. The highest BCUT2D eigenvalue weighted by molar-refractivity contribution is 5.92. The Morgan fingerprint density at radius 2 is 1.88 bits per heavy atom. The van der Waals surface area contributed by atoms with E-state index >= 15 is 0 Å². The molecule has 1 aromatic heterocycles. The average Bonchev–Trinajstić information content (AvgIpc) is 3.17.